The number of likely N-dealkylation sites (tertiary alicyclic amines) is 2. The van der Waals surface area contributed by atoms with Gasteiger partial charge in [-0.25, -0.2) is 0 Å². The van der Waals surface area contributed by atoms with Gasteiger partial charge in [0.2, 0.25) is 11.8 Å². The van der Waals surface area contributed by atoms with Crippen LogP contribution in [0.3, 0.4) is 0 Å². The molecule has 0 bridgehead atoms. The number of nitrogens with zero attached hydrogens (tertiary/aromatic N) is 2. The molecule has 2 fully saturated rings. The van der Waals surface area contributed by atoms with E-state index in [1.165, 1.54) is 11.1 Å². The fourth-order valence-electron chi connectivity index (χ4n) is 4.10. The number of aryl methyl sites for hydroxylation is 1. The maximum Gasteiger partial charge on any atom is 0.242 e. The number of carbonyl (C=O) groups excluding carboxylic acids is 2. The van der Waals surface area contributed by atoms with E-state index in [0.717, 1.165) is 32.2 Å². The van der Waals surface area contributed by atoms with Crippen LogP contribution in [0.15, 0.2) is 24.3 Å². The summed E-state index contributed by atoms with van der Waals surface area (Å²) in [5.74, 6) is 0.0937. The maximum absolute atomic E-state index is 12.7. The number of rotatable bonds is 5. The number of hydrogen-bond acceptors (Lipinski definition) is 3. The molecule has 0 spiro atoms. The van der Waals surface area contributed by atoms with Crippen LogP contribution in [0, 0.1) is 12.3 Å². The smallest absolute Gasteiger partial charge is 0.242 e. The molecule has 2 aliphatic heterocycles. The summed E-state index contributed by atoms with van der Waals surface area (Å²) in [6.07, 6.45) is 4.00. The Bertz CT molecular complexity index is 646. The summed E-state index contributed by atoms with van der Waals surface area (Å²) >= 11 is 0. The van der Waals surface area contributed by atoms with Crippen molar-refractivity contribution < 1.29 is 14.7 Å². The lowest BCUT2D eigenvalue weighted by molar-refractivity contribution is -0.141. The lowest BCUT2D eigenvalue weighted by atomic mass is 9.75. The first kappa shape index (κ1) is 17.9. The van der Waals surface area contributed by atoms with Crippen LogP contribution in [0.1, 0.15) is 36.8 Å². The molecule has 5 heteroatoms. The topological polar surface area (TPSA) is 60.9 Å². The van der Waals surface area contributed by atoms with Crippen LogP contribution in [0.4, 0.5) is 0 Å². The number of amides is 2. The predicted molar refractivity (Wildman–Crippen MR) is 96.0 cm³/mol. The Hall–Kier alpha value is -1.88. The third-order valence-electron chi connectivity index (χ3n) is 5.67. The summed E-state index contributed by atoms with van der Waals surface area (Å²) in [7, 11) is 0. The lowest BCUT2D eigenvalue weighted by Gasteiger charge is -2.42. The van der Waals surface area contributed by atoms with Crippen LogP contribution in [0.25, 0.3) is 0 Å². The summed E-state index contributed by atoms with van der Waals surface area (Å²) in [5, 5.41) is 10.1. The Labute approximate surface area is 149 Å². The van der Waals surface area contributed by atoms with Crippen molar-refractivity contribution in [2.45, 2.75) is 39.0 Å². The van der Waals surface area contributed by atoms with E-state index in [0.29, 0.717) is 19.5 Å². The summed E-state index contributed by atoms with van der Waals surface area (Å²) in [6, 6.07) is 8.24. The number of aliphatic hydroxyl groups excluding tert-OH is 1. The molecular weight excluding hydrogens is 316 g/mol. The molecule has 0 saturated carbocycles. The first-order valence-corrected chi connectivity index (χ1v) is 9.24. The zero-order valence-corrected chi connectivity index (χ0v) is 15.0. The Morgan fingerprint density at radius 2 is 2.04 bits per heavy atom. The minimum atomic E-state index is -0.283. The number of carbonyl (C=O) groups is 2. The molecule has 0 unspecified atom stereocenters. The molecule has 1 atom stereocenters. The van der Waals surface area contributed by atoms with E-state index in [4.69, 9.17) is 0 Å². The lowest BCUT2D eigenvalue weighted by Crippen LogP contribution is -2.51. The average Bonchev–Trinajstić information content (AvgIpc) is 3.02. The third-order valence-corrected chi connectivity index (χ3v) is 5.67. The molecular formula is C20H28N2O3. The van der Waals surface area contributed by atoms with Crippen molar-refractivity contribution in [3.05, 3.63) is 35.4 Å². The summed E-state index contributed by atoms with van der Waals surface area (Å²) < 4.78 is 0. The molecule has 2 heterocycles. The summed E-state index contributed by atoms with van der Waals surface area (Å²) in [6.45, 7) is 4.32. The normalized spacial score (nSPS) is 24.0. The van der Waals surface area contributed by atoms with Gasteiger partial charge in [0.25, 0.3) is 0 Å². The van der Waals surface area contributed by atoms with E-state index in [-0.39, 0.29) is 30.4 Å². The van der Waals surface area contributed by atoms with Gasteiger partial charge >= 0.3 is 0 Å². The van der Waals surface area contributed by atoms with Crippen LogP contribution in [0.2, 0.25) is 0 Å². The molecule has 0 aliphatic carbocycles. The molecule has 136 valence electrons. The molecule has 25 heavy (non-hydrogen) atoms. The van der Waals surface area contributed by atoms with Crippen LogP contribution in [-0.4, -0.2) is 59.5 Å². The van der Waals surface area contributed by atoms with Gasteiger partial charge in [0, 0.05) is 31.5 Å². The average molecular weight is 344 g/mol. The first-order valence-electron chi connectivity index (χ1n) is 9.24. The fourth-order valence-corrected chi connectivity index (χ4v) is 4.10. The van der Waals surface area contributed by atoms with Crippen molar-refractivity contribution in [2.24, 2.45) is 5.41 Å². The minimum Gasteiger partial charge on any atom is -0.396 e. The van der Waals surface area contributed by atoms with E-state index in [1.54, 1.807) is 4.90 Å². The standard InChI is InChI=1S/C20H28N2O3/c1-16-6-2-3-7-17(16)12-20(15-23)9-5-11-22(14-20)19(25)13-21-10-4-8-18(21)24/h2-3,6-7,23H,4-5,8-15H2,1H3/t20-/m1/s1. The van der Waals surface area contributed by atoms with Gasteiger partial charge in [-0.15, -0.1) is 0 Å². The van der Waals surface area contributed by atoms with E-state index in [1.807, 2.05) is 17.0 Å². The molecule has 0 radical (unpaired) electrons. The van der Waals surface area contributed by atoms with Gasteiger partial charge < -0.3 is 14.9 Å². The van der Waals surface area contributed by atoms with Crippen LogP contribution in [-0.2, 0) is 16.0 Å². The van der Waals surface area contributed by atoms with E-state index >= 15 is 0 Å². The molecule has 2 amide bonds. The van der Waals surface area contributed by atoms with Crippen molar-refractivity contribution in [1.29, 1.82) is 0 Å². The van der Waals surface area contributed by atoms with Gasteiger partial charge in [-0.2, -0.15) is 0 Å². The van der Waals surface area contributed by atoms with Crippen LogP contribution in [0.5, 0.6) is 0 Å². The summed E-state index contributed by atoms with van der Waals surface area (Å²) in [4.78, 5) is 28.0. The van der Waals surface area contributed by atoms with Gasteiger partial charge in [0.15, 0.2) is 0 Å². The van der Waals surface area contributed by atoms with Gasteiger partial charge in [0.1, 0.15) is 0 Å². The highest BCUT2D eigenvalue weighted by Crippen LogP contribution is 2.34. The number of piperidine rings is 1. The SMILES string of the molecule is Cc1ccccc1C[C@]1(CO)CCCN(C(=O)CN2CCCC2=O)C1. The van der Waals surface area contributed by atoms with Crippen molar-refractivity contribution >= 4 is 11.8 Å². The maximum atomic E-state index is 12.7. The molecule has 1 N–H and O–H groups in total. The Morgan fingerprint density at radius 1 is 1.24 bits per heavy atom. The molecule has 1 aromatic rings. The highest BCUT2D eigenvalue weighted by Gasteiger charge is 2.37. The van der Waals surface area contributed by atoms with Gasteiger partial charge in [-0.05, 0) is 43.7 Å². The molecule has 1 aromatic carbocycles. The monoisotopic (exact) mass is 344 g/mol. The molecule has 3 rings (SSSR count). The van der Waals surface area contributed by atoms with Gasteiger partial charge in [-0.3, -0.25) is 9.59 Å². The van der Waals surface area contributed by atoms with E-state index < -0.39 is 0 Å². The quantitative estimate of drug-likeness (QED) is 0.885. The zero-order chi connectivity index (χ0) is 17.9. The van der Waals surface area contributed by atoms with Crippen LogP contribution >= 0.6 is 0 Å². The minimum absolute atomic E-state index is 0.0116. The van der Waals surface area contributed by atoms with Crippen molar-refractivity contribution in [1.82, 2.24) is 9.80 Å². The molecule has 0 aromatic heterocycles. The van der Waals surface area contributed by atoms with E-state index in [2.05, 4.69) is 19.1 Å². The molecule has 2 saturated heterocycles. The number of hydrogen-bond donors (Lipinski definition) is 1. The van der Waals surface area contributed by atoms with Gasteiger partial charge in [-0.1, -0.05) is 24.3 Å². The van der Waals surface area contributed by atoms with Crippen molar-refractivity contribution in [3.63, 3.8) is 0 Å². The molecule has 5 nitrogen and oxygen atoms in total. The second kappa shape index (κ2) is 7.56. The third kappa shape index (κ3) is 4.03. The fraction of sp³-hybridized carbons (Fsp3) is 0.600. The summed E-state index contributed by atoms with van der Waals surface area (Å²) in [5.41, 5.74) is 2.18. The Kier molecular flexibility index (Phi) is 5.42. The Morgan fingerprint density at radius 3 is 2.72 bits per heavy atom. The van der Waals surface area contributed by atoms with Crippen molar-refractivity contribution in [2.75, 3.05) is 32.8 Å². The zero-order valence-electron chi connectivity index (χ0n) is 15.0. The van der Waals surface area contributed by atoms with E-state index in [9.17, 15) is 14.7 Å². The predicted octanol–water partition coefficient (Wildman–Crippen LogP) is 1.76. The second-order valence-corrected chi connectivity index (χ2v) is 7.60. The largest absolute Gasteiger partial charge is 0.396 e. The number of aliphatic hydroxyl groups is 1. The van der Waals surface area contributed by atoms with Crippen molar-refractivity contribution in [3.8, 4) is 0 Å². The van der Waals surface area contributed by atoms with Crippen LogP contribution < -0.4 is 0 Å². The Balaban J connectivity index is 1.68. The van der Waals surface area contributed by atoms with Gasteiger partial charge in [0.05, 0.1) is 13.2 Å². The number of benzene rings is 1. The highest BCUT2D eigenvalue weighted by molar-refractivity contribution is 5.86. The highest BCUT2D eigenvalue weighted by atomic mass is 16.3. The second-order valence-electron chi connectivity index (χ2n) is 7.60. The first-order chi connectivity index (χ1) is 12.0. The molecule has 2 aliphatic rings.